The first-order chi connectivity index (χ1) is 10.2. The molecule has 1 aromatic rings. The summed E-state index contributed by atoms with van der Waals surface area (Å²) in [4.78, 5) is 15.4. The van der Waals surface area contributed by atoms with Gasteiger partial charge in [0.1, 0.15) is 5.69 Å². The second-order valence-corrected chi connectivity index (χ2v) is 5.97. The number of piperazine rings is 1. The van der Waals surface area contributed by atoms with Crippen LogP contribution in [-0.2, 0) is 6.61 Å². The van der Waals surface area contributed by atoms with Crippen molar-refractivity contribution in [2.45, 2.75) is 19.4 Å². The van der Waals surface area contributed by atoms with E-state index in [0.717, 1.165) is 32.1 Å². The number of nitrogens with zero attached hydrogens (tertiary/aromatic N) is 3. The maximum atomic E-state index is 11.2. The van der Waals surface area contributed by atoms with E-state index in [2.05, 4.69) is 9.80 Å². The third-order valence-electron chi connectivity index (χ3n) is 4.35. The Morgan fingerprint density at radius 3 is 2.52 bits per heavy atom. The van der Waals surface area contributed by atoms with Gasteiger partial charge in [0.25, 0.3) is 5.69 Å². The minimum absolute atomic E-state index is 0.0946. The van der Waals surface area contributed by atoms with Crippen molar-refractivity contribution in [1.82, 2.24) is 4.90 Å². The van der Waals surface area contributed by atoms with Crippen LogP contribution in [0.5, 0.6) is 0 Å². The molecule has 1 aromatic carbocycles. The molecule has 1 aliphatic heterocycles. The lowest BCUT2D eigenvalue weighted by molar-refractivity contribution is -0.384. The molecule has 1 aliphatic carbocycles. The molecule has 21 heavy (non-hydrogen) atoms. The zero-order valence-corrected chi connectivity index (χ0v) is 12.1. The number of hydrogen-bond donors (Lipinski definition) is 1. The second kappa shape index (κ2) is 5.99. The molecule has 0 radical (unpaired) electrons. The highest BCUT2D eigenvalue weighted by atomic mass is 16.6. The number of aliphatic hydroxyl groups excluding tert-OH is 1. The summed E-state index contributed by atoms with van der Waals surface area (Å²) < 4.78 is 0. The van der Waals surface area contributed by atoms with Gasteiger partial charge < -0.3 is 10.0 Å². The third-order valence-corrected chi connectivity index (χ3v) is 4.35. The van der Waals surface area contributed by atoms with E-state index in [0.29, 0.717) is 11.3 Å². The first-order valence-corrected chi connectivity index (χ1v) is 7.53. The van der Waals surface area contributed by atoms with Gasteiger partial charge in [0.05, 0.1) is 11.5 Å². The molecule has 0 amide bonds. The van der Waals surface area contributed by atoms with Crippen LogP contribution in [-0.4, -0.2) is 47.7 Å². The first-order valence-electron chi connectivity index (χ1n) is 7.53. The summed E-state index contributed by atoms with van der Waals surface area (Å²) in [5.74, 6) is 0.884. The molecule has 2 aliphatic rings. The lowest BCUT2D eigenvalue weighted by Crippen LogP contribution is -2.47. The van der Waals surface area contributed by atoms with Crippen molar-refractivity contribution in [3.8, 4) is 0 Å². The average Bonchev–Trinajstić information content (AvgIpc) is 3.31. The maximum absolute atomic E-state index is 11.2. The number of nitro groups is 1. The Morgan fingerprint density at radius 2 is 1.95 bits per heavy atom. The van der Waals surface area contributed by atoms with Crippen LogP contribution >= 0.6 is 0 Å². The maximum Gasteiger partial charge on any atom is 0.292 e. The van der Waals surface area contributed by atoms with Crippen molar-refractivity contribution in [2.24, 2.45) is 5.92 Å². The molecule has 1 saturated heterocycles. The largest absolute Gasteiger partial charge is 0.392 e. The summed E-state index contributed by atoms with van der Waals surface area (Å²) in [5, 5.41) is 20.4. The molecule has 1 heterocycles. The quantitative estimate of drug-likeness (QED) is 0.659. The zero-order valence-electron chi connectivity index (χ0n) is 12.1. The SMILES string of the molecule is O=[N+]([O-])c1cc(CO)ccc1N1CCN(CC2CC2)CC1. The number of benzene rings is 1. The summed E-state index contributed by atoms with van der Waals surface area (Å²) in [6.07, 6.45) is 2.71. The van der Waals surface area contributed by atoms with Crippen LogP contribution in [0.15, 0.2) is 18.2 Å². The molecule has 3 rings (SSSR count). The third kappa shape index (κ3) is 3.33. The normalized spacial score (nSPS) is 19.8. The molecule has 0 aromatic heterocycles. The van der Waals surface area contributed by atoms with E-state index in [9.17, 15) is 10.1 Å². The standard InChI is InChI=1S/C15H21N3O3/c19-11-13-3-4-14(15(9-13)18(20)21)17-7-5-16(6-8-17)10-12-1-2-12/h3-4,9,12,19H,1-2,5-8,10-11H2. The smallest absolute Gasteiger partial charge is 0.292 e. The van der Waals surface area contributed by atoms with Crippen LogP contribution in [0.3, 0.4) is 0 Å². The van der Waals surface area contributed by atoms with E-state index < -0.39 is 0 Å². The van der Waals surface area contributed by atoms with Crippen molar-refractivity contribution < 1.29 is 10.0 Å². The molecular formula is C15H21N3O3. The zero-order chi connectivity index (χ0) is 14.8. The highest BCUT2D eigenvalue weighted by molar-refractivity contribution is 5.64. The number of nitro benzene ring substituents is 1. The van der Waals surface area contributed by atoms with Gasteiger partial charge in [-0.2, -0.15) is 0 Å². The Labute approximate surface area is 124 Å². The van der Waals surface area contributed by atoms with Gasteiger partial charge in [-0.25, -0.2) is 0 Å². The Hall–Kier alpha value is -1.66. The van der Waals surface area contributed by atoms with E-state index in [1.165, 1.54) is 25.5 Å². The van der Waals surface area contributed by atoms with Crippen molar-refractivity contribution in [3.05, 3.63) is 33.9 Å². The fourth-order valence-corrected chi connectivity index (χ4v) is 2.92. The monoisotopic (exact) mass is 291 g/mol. The van der Waals surface area contributed by atoms with Gasteiger partial charge in [0.2, 0.25) is 0 Å². The Kier molecular flexibility index (Phi) is 4.07. The summed E-state index contributed by atoms with van der Waals surface area (Å²) in [6, 6.07) is 5.01. The number of aliphatic hydroxyl groups is 1. The molecule has 0 spiro atoms. The van der Waals surface area contributed by atoms with Crippen LogP contribution in [0.2, 0.25) is 0 Å². The number of anilines is 1. The summed E-state index contributed by atoms with van der Waals surface area (Å²) >= 11 is 0. The van der Waals surface area contributed by atoms with E-state index in [1.807, 2.05) is 0 Å². The summed E-state index contributed by atoms with van der Waals surface area (Å²) in [5.41, 5.74) is 1.35. The average molecular weight is 291 g/mol. The van der Waals surface area contributed by atoms with Crippen LogP contribution in [0.25, 0.3) is 0 Å². The van der Waals surface area contributed by atoms with Crippen molar-refractivity contribution in [2.75, 3.05) is 37.6 Å². The van der Waals surface area contributed by atoms with Crippen molar-refractivity contribution in [1.29, 1.82) is 0 Å². The minimum Gasteiger partial charge on any atom is -0.392 e. The minimum atomic E-state index is -0.356. The summed E-state index contributed by atoms with van der Waals surface area (Å²) in [6.45, 7) is 4.60. The fourth-order valence-electron chi connectivity index (χ4n) is 2.92. The van der Waals surface area contributed by atoms with E-state index in [1.54, 1.807) is 12.1 Å². The van der Waals surface area contributed by atoms with Crippen LogP contribution < -0.4 is 4.90 Å². The molecule has 6 nitrogen and oxygen atoms in total. The first kappa shape index (κ1) is 14.3. The predicted molar refractivity (Wildman–Crippen MR) is 80.4 cm³/mol. The Bertz CT molecular complexity index is 523. The van der Waals surface area contributed by atoms with Gasteiger partial charge in [-0.05, 0) is 30.4 Å². The lowest BCUT2D eigenvalue weighted by atomic mass is 10.1. The van der Waals surface area contributed by atoms with Crippen molar-refractivity contribution >= 4 is 11.4 Å². The molecule has 0 bridgehead atoms. The van der Waals surface area contributed by atoms with Gasteiger partial charge in [0.15, 0.2) is 0 Å². The Morgan fingerprint density at radius 1 is 1.24 bits per heavy atom. The summed E-state index contributed by atoms with van der Waals surface area (Å²) in [7, 11) is 0. The molecule has 1 N–H and O–H groups in total. The molecule has 6 heteroatoms. The molecular weight excluding hydrogens is 270 g/mol. The number of rotatable bonds is 5. The fraction of sp³-hybridized carbons (Fsp3) is 0.600. The topological polar surface area (TPSA) is 69.8 Å². The Balaban J connectivity index is 1.70. The van der Waals surface area contributed by atoms with Crippen LogP contribution in [0.1, 0.15) is 18.4 Å². The van der Waals surface area contributed by atoms with E-state index in [-0.39, 0.29) is 17.2 Å². The van der Waals surface area contributed by atoms with Gasteiger partial charge >= 0.3 is 0 Å². The van der Waals surface area contributed by atoms with Crippen LogP contribution in [0.4, 0.5) is 11.4 Å². The van der Waals surface area contributed by atoms with Gasteiger partial charge in [0, 0.05) is 38.8 Å². The number of hydrogen-bond acceptors (Lipinski definition) is 5. The van der Waals surface area contributed by atoms with Gasteiger partial charge in [-0.3, -0.25) is 15.0 Å². The molecule has 0 atom stereocenters. The predicted octanol–water partition coefficient (Wildman–Crippen LogP) is 1.62. The molecule has 114 valence electrons. The second-order valence-electron chi connectivity index (χ2n) is 5.97. The van der Waals surface area contributed by atoms with Crippen LogP contribution in [0, 0.1) is 16.0 Å². The molecule has 0 unspecified atom stereocenters. The molecule has 1 saturated carbocycles. The van der Waals surface area contributed by atoms with Crippen molar-refractivity contribution in [3.63, 3.8) is 0 Å². The highest BCUT2D eigenvalue weighted by Gasteiger charge is 2.28. The van der Waals surface area contributed by atoms with E-state index >= 15 is 0 Å². The molecule has 2 fully saturated rings. The van der Waals surface area contributed by atoms with Gasteiger partial charge in [-0.1, -0.05) is 6.07 Å². The van der Waals surface area contributed by atoms with Gasteiger partial charge in [-0.15, -0.1) is 0 Å². The van der Waals surface area contributed by atoms with E-state index in [4.69, 9.17) is 5.11 Å². The highest BCUT2D eigenvalue weighted by Crippen LogP contribution is 2.32. The lowest BCUT2D eigenvalue weighted by Gasteiger charge is -2.35.